The number of amides is 2. The molecule has 1 aliphatic rings. The van der Waals surface area contributed by atoms with E-state index in [9.17, 15) is 27.6 Å². The van der Waals surface area contributed by atoms with Gasteiger partial charge in [0.25, 0.3) is 11.8 Å². The van der Waals surface area contributed by atoms with Gasteiger partial charge in [-0.3, -0.25) is 9.59 Å². The molecule has 8 heteroatoms. The molecule has 1 N–H and O–H groups in total. The highest BCUT2D eigenvalue weighted by atomic mass is 19.4. The molecular formula is C16H8F3NO4. The van der Waals surface area contributed by atoms with Crippen molar-refractivity contribution < 1.29 is 32.7 Å². The van der Waals surface area contributed by atoms with Gasteiger partial charge >= 0.3 is 12.1 Å². The molecule has 24 heavy (non-hydrogen) atoms. The van der Waals surface area contributed by atoms with E-state index in [0.717, 1.165) is 24.3 Å². The maximum Gasteiger partial charge on any atom is 0.416 e. The van der Waals surface area contributed by atoms with Crippen LogP contribution in [0.1, 0.15) is 36.6 Å². The summed E-state index contributed by atoms with van der Waals surface area (Å²) >= 11 is 0. The fraction of sp³-hybridized carbons (Fsp3) is 0.0625. The minimum atomic E-state index is -4.62. The summed E-state index contributed by atoms with van der Waals surface area (Å²) in [4.78, 5) is 36.3. The Morgan fingerprint density at radius 2 is 1.62 bits per heavy atom. The molecular weight excluding hydrogens is 327 g/mol. The van der Waals surface area contributed by atoms with Crippen LogP contribution in [-0.2, 0) is 6.18 Å². The number of hydrogen-bond acceptors (Lipinski definition) is 3. The van der Waals surface area contributed by atoms with Gasteiger partial charge in [-0.1, -0.05) is 6.07 Å². The summed E-state index contributed by atoms with van der Waals surface area (Å²) in [6.45, 7) is 0. The fourth-order valence-electron chi connectivity index (χ4n) is 2.43. The van der Waals surface area contributed by atoms with Crippen LogP contribution in [0.5, 0.6) is 0 Å². The van der Waals surface area contributed by atoms with Gasteiger partial charge in [0.15, 0.2) is 0 Å². The van der Waals surface area contributed by atoms with Crippen LogP contribution in [0, 0.1) is 0 Å². The number of hydrogen-bond donors (Lipinski definition) is 1. The Morgan fingerprint density at radius 3 is 2.25 bits per heavy atom. The van der Waals surface area contributed by atoms with Crippen LogP contribution in [0.25, 0.3) is 0 Å². The molecule has 1 heterocycles. The first-order chi connectivity index (χ1) is 11.2. The number of aromatic carboxylic acids is 1. The van der Waals surface area contributed by atoms with Crippen LogP contribution in [0.15, 0.2) is 42.5 Å². The summed E-state index contributed by atoms with van der Waals surface area (Å²) in [6, 6.07) is 7.17. The van der Waals surface area contributed by atoms with Crippen molar-refractivity contribution in [2.75, 3.05) is 4.90 Å². The van der Waals surface area contributed by atoms with Gasteiger partial charge in [-0.05, 0) is 36.4 Å². The van der Waals surface area contributed by atoms with Crippen LogP contribution >= 0.6 is 0 Å². The van der Waals surface area contributed by atoms with Gasteiger partial charge in [0.2, 0.25) is 0 Å². The maximum absolute atomic E-state index is 12.8. The number of benzene rings is 2. The van der Waals surface area contributed by atoms with Crippen molar-refractivity contribution >= 4 is 23.5 Å². The van der Waals surface area contributed by atoms with E-state index in [1.54, 1.807) is 0 Å². The molecule has 1 aliphatic heterocycles. The van der Waals surface area contributed by atoms with Crippen molar-refractivity contribution in [2.24, 2.45) is 0 Å². The lowest BCUT2D eigenvalue weighted by molar-refractivity contribution is -0.137. The second-order valence-electron chi connectivity index (χ2n) is 5.06. The molecule has 2 amide bonds. The zero-order valence-corrected chi connectivity index (χ0v) is 11.8. The molecule has 2 aromatic carbocycles. The summed E-state index contributed by atoms with van der Waals surface area (Å²) in [5, 5.41) is 8.94. The van der Waals surface area contributed by atoms with E-state index in [1.165, 1.54) is 12.1 Å². The first-order valence-electron chi connectivity index (χ1n) is 6.63. The predicted octanol–water partition coefficient (Wildman–Crippen LogP) is 3.20. The van der Waals surface area contributed by atoms with Gasteiger partial charge < -0.3 is 5.11 Å². The Bertz CT molecular complexity index is 889. The summed E-state index contributed by atoms with van der Waals surface area (Å²) in [7, 11) is 0. The fourth-order valence-corrected chi connectivity index (χ4v) is 2.43. The zero-order valence-electron chi connectivity index (χ0n) is 11.8. The van der Waals surface area contributed by atoms with Crippen molar-refractivity contribution in [1.29, 1.82) is 0 Å². The lowest BCUT2D eigenvalue weighted by atomic mass is 10.1. The minimum Gasteiger partial charge on any atom is -0.478 e. The molecule has 0 saturated carbocycles. The smallest absolute Gasteiger partial charge is 0.416 e. The Morgan fingerprint density at radius 1 is 0.958 bits per heavy atom. The third kappa shape index (κ3) is 2.41. The van der Waals surface area contributed by atoms with E-state index in [4.69, 9.17) is 5.11 Å². The van der Waals surface area contributed by atoms with E-state index in [-0.39, 0.29) is 22.4 Å². The number of carbonyl (C=O) groups excluding carboxylic acids is 2. The monoisotopic (exact) mass is 335 g/mol. The summed E-state index contributed by atoms with van der Waals surface area (Å²) < 4.78 is 38.4. The molecule has 0 bridgehead atoms. The van der Waals surface area contributed by atoms with Gasteiger partial charge in [-0.25, -0.2) is 9.69 Å². The normalized spacial score (nSPS) is 14.0. The lowest BCUT2D eigenvalue weighted by Gasteiger charge is -2.15. The molecule has 0 aliphatic carbocycles. The maximum atomic E-state index is 12.8. The second-order valence-corrected chi connectivity index (χ2v) is 5.06. The first kappa shape index (κ1) is 15.7. The Kier molecular flexibility index (Phi) is 3.40. The molecule has 5 nitrogen and oxygen atoms in total. The van der Waals surface area contributed by atoms with Crippen molar-refractivity contribution in [3.05, 3.63) is 64.7 Å². The van der Waals surface area contributed by atoms with Crippen molar-refractivity contribution in [1.82, 2.24) is 0 Å². The molecule has 0 aromatic heterocycles. The average Bonchev–Trinajstić information content (AvgIpc) is 2.77. The highest BCUT2D eigenvalue weighted by Gasteiger charge is 2.38. The third-order valence-electron chi connectivity index (χ3n) is 3.57. The van der Waals surface area contributed by atoms with Gasteiger partial charge in [0.1, 0.15) is 0 Å². The highest BCUT2D eigenvalue weighted by molar-refractivity contribution is 6.34. The first-order valence-corrected chi connectivity index (χ1v) is 6.63. The van der Waals surface area contributed by atoms with E-state index >= 15 is 0 Å². The molecule has 0 saturated heterocycles. The van der Waals surface area contributed by atoms with Gasteiger partial charge in [0.05, 0.1) is 27.9 Å². The number of carboxylic acids is 1. The Hall–Kier alpha value is -3.16. The Balaban J connectivity index is 2.07. The largest absolute Gasteiger partial charge is 0.478 e. The van der Waals surface area contributed by atoms with Crippen LogP contribution in [-0.4, -0.2) is 22.9 Å². The van der Waals surface area contributed by atoms with E-state index in [2.05, 4.69) is 0 Å². The van der Waals surface area contributed by atoms with E-state index in [1.807, 2.05) is 0 Å². The lowest BCUT2D eigenvalue weighted by Crippen LogP contribution is -2.29. The SMILES string of the molecule is O=C(O)c1ccc2c(c1)C(=O)N(c1cccc(C(F)(F)F)c1)C2=O. The number of imide groups is 1. The van der Waals surface area contributed by atoms with E-state index < -0.39 is 29.5 Å². The van der Waals surface area contributed by atoms with Gasteiger partial charge in [-0.15, -0.1) is 0 Å². The Labute approximate surface area is 132 Å². The summed E-state index contributed by atoms with van der Waals surface area (Å²) in [6.07, 6.45) is -4.62. The van der Waals surface area contributed by atoms with Crippen LogP contribution in [0.4, 0.5) is 18.9 Å². The topological polar surface area (TPSA) is 74.7 Å². The number of alkyl halides is 3. The molecule has 3 rings (SSSR count). The number of anilines is 1. The molecule has 2 aromatic rings. The summed E-state index contributed by atoms with van der Waals surface area (Å²) in [5.41, 5.74) is -1.63. The van der Waals surface area contributed by atoms with Crippen LogP contribution in [0.3, 0.4) is 0 Å². The van der Waals surface area contributed by atoms with Crippen molar-refractivity contribution in [3.63, 3.8) is 0 Å². The number of rotatable bonds is 2. The van der Waals surface area contributed by atoms with Crippen molar-refractivity contribution in [2.45, 2.75) is 6.18 Å². The minimum absolute atomic E-state index is 0.0533. The highest BCUT2D eigenvalue weighted by Crippen LogP contribution is 2.34. The molecule has 0 fully saturated rings. The van der Waals surface area contributed by atoms with Crippen LogP contribution < -0.4 is 4.90 Å². The third-order valence-corrected chi connectivity index (χ3v) is 3.57. The standard InChI is InChI=1S/C16H8F3NO4/c17-16(18,19)9-2-1-3-10(7-9)20-13(21)11-5-4-8(15(23)24)6-12(11)14(20)22/h1-7H,(H,23,24). The molecule has 0 unspecified atom stereocenters. The number of halogens is 3. The number of carbonyl (C=O) groups is 3. The number of fused-ring (bicyclic) bond motifs is 1. The molecule has 0 radical (unpaired) electrons. The second kappa shape index (κ2) is 5.19. The quantitative estimate of drug-likeness (QED) is 0.855. The average molecular weight is 335 g/mol. The number of nitrogens with zero attached hydrogens (tertiary/aromatic N) is 1. The number of carboxylic acid groups (broad SMARTS) is 1. The molecule has 0 atom stereocenters. The van der Waals surface area contributed by atoms with Crippen molar-refractivity contribution in [3.8, 4) is 0 Å². The van der Waals surface area contributed by atoms with Gasteiger partial charge in [0, 0.05) is 0 Å². The van der Waals surface area contributed by atoms with Gasteiger partial charge in [-0.2, -0.15) is 13.2 Å². The summed E-state index contributed by atoms with van der Waals surface area (Å²) in [5.74, 6) is -2.95. The van der Waals surface area contributed by atoms with E-state index in [0.29, 0.717) is 11.0 Å². The zero-order chi connectivity index (χ0) is 17.6. The van der Waals surface area contributed by atoms with Crippen LogP contribution in [0.2, 0.25) is 0 Å². The molecule has 0 spiro atoms. The predicted molar refractivity (Wildman–Crippen MR) is 76.0 cm³/mol. The molecule has 122 valence electrons.